The van der Waals surface area contributed by atoms with E-state index in [1.165, 1.54) is 22.5 Å². The zero-order valence-electron chi connectivity index (χ0n) is 15.8. The molecule has 0 aliphatic rings. The number of aromatic nitrogens is 2. The summed E-state index contributed by atoms with van der Waals surface area (Å²) in [6, 6.07) is 17.4. The van der Waals surface area contributed by atoms with Crippen molar-refractivity contribution in [3.8, 4) is 5.69 Å². The number of rotatable bonds is 4. The highest BCUT2D eigenvalue weighted by Gasteiger charge is 2.15. The maximum absolute atomic E-state index is 12.3. The van der Waals surface area contributed by atoms with E-state index in [0.29, 0.717) is 21.3 Å². The van der Waals surface area contributed by atoms with Crippen molar-refractivity contribution in [2.75, 3.05) is 0 Å². The Bertz CT molecular complexity index is 1040. The van der Waals surface area contributed by atoms with Crippen molar-refractivity contribution >= 4 is 29.3 Å². The molecule has 0 fully saturated rings. The van der Waals surface area contributed by atoms with E-state index in [1.54, 1.807) is 42.5 Å². The summed E-state index contributed by atoms with van der Waals surface area (Å²) >= 11 is 7.35. The molecule has 1 N–H and O–H groups in total. The Balaban J connectivity index is 1.84. The van der Waals surface area contributed by atoms with Gasteiger partial charge >= 0.3 is 0 Å². The fourth-order valence-corrected chi connectivity index (χ4v) is 3.32. The molecule has 0 saturated carbocycles. The van der Waals surface area contributed by atoms with Crippen molar-refractivity contribution in [1.29, 1.82) is 0 Å². The van der Waals surface area contributed by atoms with Gasteiger partial charge in [-0.3, -0.25) is 9.59 Å². The second-order valence-electron chi connectivity index (χ2n) is 7.23. The fraction of sp³-hybridized carbons (Fsp3) is 0.190. The number of amides is 1. The molecule has 0 aliphatic carbocycles. The average Bonchev–Trinajstić information content (AvgIpc) is 2.64. The number of hydrogen-bond acceptors (Lipinski definition) is 4. The third kappa shape index (κ3) is 5.24. The molecule has 144 valence electrons. The van der Waals surface area contributed by atoms with Gasteiger partial charge in [-0.25, -0.2) is 0 Å². The van der Waals surface area contributed by atoms with Crippen LogP contribution in [-0.2, 0) is 0 Å². The van der Waals surface area contributed by atoms with E-state index in [4.69, 9.17) is 11.6 Å². The molecule has 0 atom stereocenters. The van der Waals surface area contributed by atoms with Crippen LogP contribution in [-0.4, -0.2) is 21.2 Å². The quantitative estimate of drug-likeness (QED) is 0.680. The number of halogens is 1. The highest BCUT2D eigenvalue weighted by Crippen LogP contribution is 2.26. The summed E-state index contributed by atoms with van der Waals surface area (Å²) in [7, 11) is 0. The van der Waals surface area contributed by atoms with Crippen molar-refractivity contribution in [1.82, 2.24) is 15.1 Å². The van der Waals surface area contributed by atoms with Crippen molar-refractivity contribution < 1.29 is 4.79 Å². The van der Waals surface area contributed by atoms with Crippen molar-refractivity contribution in [2.45, 2.75) is 36.2 Å². The Kier molecular flexibility index (Phi) is 5.91. The minimum absolute atomic E-state index is 0.161. The van der Waals surface area contributed by atoms with Crippen molar-refractivity contribution in [3.63, 3.8) is 0 Å². The van der Waals surface area contributed by atoms with Gasteiger partial charge in [-0.2, -0.15) is 9.78 Å². The third-order valence-electron chi connectivity index (χ3n) is 3.67. The number of carbonyl (C=O) groups excluding carboxylic acids is 1. The summed E-state index contributed by atoms with van der Waals surface area (Å²) in [5.74, 6) is -0.161. The van der Waals surface area contributed by atoms with Gasteiger partial charge in [0.15, 0.2) is 0 Å². The van der Waals surface area contributed by atoms with Crippen molar-refractivity contribution in [2.24, 2.45) is 0 Å². The number of benzene rings is 2. The van der Waals surface area contributed by atoms with Gasteiger partial charge in [0.05, 0.1) is 5.69 Å². The molecule has 1 heterocycles. The Hall–Kier alpha value is -2.57. The summed E-state index contributed by atoms with van der Waals surface area (Å²) in [5, 5.41) is 8.68. The lowest BCUT2D eigenvalue weighted by Crippen LogP contribution is -2.40. The molecule has 1 aromatic heterocycles. The molecule has 2 aromatic carbocycles. The van der Waals surface area contributed by atoms with Gasteiger partial charge in [0, 0.05) is 27.1 Å². The van der Waals surface area contributed by atoms with Gasteiger partial charge in [-0.05, 0) is 75.4 Å². The number of carbonyl (C=O) groups is 1. The molecule has 0 bridgehead atoms. The maximum Gasteiger partial charge on any atom is 0.271 e. The molecule has 0 saturated heterocycles. The van der Waals surface area contributed by atoms with Crippen LogP contribution in [0.15, 0.2) is 75.4 Å². The first-order valence-electron chi connectivity index (χ1n) is 8.68. The first kappa shape index (κ1) is 20.2. The fourth-order valence-electron chi connectivity index (χ4n) is 2.42. The molecule has 7 heteroatoms. The monoisotopic (exact) mass is 413 g/mol. The van der Waals surface area contributed by atoms with E-state index in [0.717, 1.165) is 4.90 Å². The van der Waals surface area contributed by atoms with E-state index in [1.807, 2.05) is 32.9 Å². The van der Waals surface area contributed by atoms with E-state index in [2.05, 4.69) is 10.4 Å². The Morgan fingerprint density at radius 3 is 2.25 bits per heavy atom. The Morgan fingerprint density at radius 1 is 1.00 bits per heavy atom. The predicted molar refractivity (Wildman–Crippen MR) is 113 cm³/mol. The topological polar surface area (TPSA) is 64.0 Å². The van der Waals surface area contributed by atoms with E-state index in [-0.39, 0.29) is 17.0 Å². The zero-order valence-corrected chi connectivity index (χ0v) is 17.3. The van der Waals surface area contributed by atoms with E-state index >= 15 is 0 Å². The maximum atomic E-state index is 12.3. The number of nitrogens with zero attached hydrogens (tertiary/aromatic N) is 2. The largest absolute Gasteiger partial charge is 0.347 e. The van der Waals surface area contributed by atoms with Crippen LogP contribution < -0.4 is 10.9 Å². The zero-order chi connectivity index (χ0) is 20.3. The minimum atomic E-state index is -0.318. The van der Waals surface area contributed by atoms with Gasteiger partial charge in [0.1, 0.15) is 5.03 Å². The van der Waals surface area contributed by atoms with Gasteiger partial charge in [-0.1, -0.05) is 23.4 Å². The SMILES string of the molecule is CC(C)(C)NC(=O)c1ccc(-n2nc(Sc3ccc(Cl)cc3)ccc2=O)cc1. The first-order chi connectivity index (χ1) is 13.2. The standard InChI is InChI=1S/C21H20ClN3O2S/c1-21(2,3)23-20(27)14-4-8-16(9-5-14)25-19(26)13-12-18(24-25)28-17-10-6-15(22)7-11-17/h4-13H,1-3H3,(H,23,27). The van der Waals surface area contributed by atoms with Crippen LogP contribution in [0.5, 0.6) is 0 Å². The lowest BCUT2D eigenvalue weighted by molar-refractivity contribution is 0.0919. The van der Waals surface area contributed by atoms with Gasteiger partial charge in [-0.15, -0.1) is 0 Å². The molecule has 5 nitrogen and oxygen atoms in total. The van der Waals surface area contributed by atoms with Crippen LogP contribution in [0.3, 0.4) is 0 Å². The number of hydrogen-bond donors (Lipinski definition) is 1. The predicted octanol–water partition coefficient (Wildman–Crippen LogP) is 4.57. The molecule has 0 aliphatic heterocycles. The van der Waals surface area contributed by atoms with Crippen LogP contribution in [0.1, 0.15) is 31.1 Å². The van der Waals surface area contributed by atoms with E-state index < -0.39 is 0 Å². The lowest BCUT2D eigenvalue weighted by atomic mass is 10.1. The van der Waals surface area contributed by atoms with Crippen LogP contribution in [0, 0.1) is 0 Å². The molecule has 28 heavy (non-hydrogen) atoms. The van der Waals surface area contributed by atoms with Crippen LogP contribution in [0.4, 0.5) is 0 Å². The Morgan fingerprint density at radius 2 is 1.64 bits per heavy atom. The van der Waals surface area contributed by atoms with Crippen LogP contribution >= 0.6 is 23.4 Å². The highest BCUT2D eigenvalue weighted by atomic mass is 35.5. The molecule has 0 unspecified atom stereocenters. The highest BCUT2D eigenvalue weighted by molar-refractivity contribution is 7.99. The van der Waals surface area contributed by atoms with Gasteiger partial charge in [0.2, 0.25) is 0 Å². The van der Waals surface area contributed by atoms with E-state index in [9.17, 15) is 9.59 Å². The molecule has 0 radical (unpaired) electrons. The smallest absolute Gasteiger partial charge is 0.271 e. The molecule has 0 spiro atoms. The Labute approximate surface area is 172 Å². The minimum Gasteiger partial charge on any atom is -0.347 e. The molecule has 3 rings (SSSR count). The molecular formula is C21H20ClN3O2S. The second kappa shape index (κ2) is 8.20. The summed E-state index contributed by atoms with van der Waals surface area (Å²) in [6.07, 6.45) is 0. The average molecular weight is 414 g/mol. The molecular weight excluding hydrogens is 394 g/mol. The van der Waals surface area contributed by atoms with Gasteiger partial charge < -0.3 is 5.32 Å². The lowest BCUT2D eigenvalue weighted by Gasteiger charge is -2.20. The van der Waals surface area contributed by atoms with Crippen LogP contribution in [0.25, 0.3) is 5.69 Å². The van der Waals surface area contributed by atoms with Gasteiger partial charge in [0.25, 0.3) is 11.5 Å². The number of nitrogens with one attached hydrogen (secondary N) is 1. The molecule has 1 amide bonds. The van der Waals surface area contributed by atoms with Crippen molar-refractivity contribution in [3.05, 3.63) is 81.6 Å². The summed E-state index contributed by atoms with van der Waals surface area (Å²) in [4.78, 5) is 25.5. The second-order valence-corrected chi connectivity index (χ2v) is 8.76. The summed E-state index contributed by atoms with van der Waals surface area (Å²) < 4.78 is 1.32. The normalized spacial score (nSPS) is 11.3. The summed E-state index contributed by atoms with van der Waals surface area (Å²) in [5.41, 5.74) is 0.559. The summed E-state index contributed by atoms with van der Waals surface area (Å²) in [6.45, 7) is 5.77. The third-order valence-corrected chi connectivity index (χ3v) is 4.86. The van der Waals surface area contributed by atoms with Crippen LogP contribution in [0.2, 0.25) is 5.02 Å². The molecule has 3 aromatic rings. The first-order valence-corrected chi connectivity index (χ1v) is 9.87.